The Labute approximate surface area is 164 Å². The van der Waals surface area contributed by atoms with Crippen molar-refractivity contribution in [1.29, 1.82) is 0 Å². The highest BCUT2D eigenvalue weighted by Gasteiger charge is 2.17. The summed E-state index contributed by atoms with van der Waals surface area (Å²) < 4.78 is 6.84. The molecule has 0 aliphatic carbocycles. The van der Waals surface area contributed by atoms with E-state index in [2.05, 4.69) is 5.32 Å². The van der Waals surface area contributed by atoms with Gasteiger partial charge in [0.05, 0.1) is 10.5 Å². The number of halogens is 1. The minimum absolute atomic E-state index is 0.0356. The van der Waals surface area contributed by atoms with Crippen LogP contribution in [0.2, 0.25) is 5.02 Å². The number of nitrogens with zero attached hydrogens (tertiary/aromatic N) is 2. The summed E-state index contributed by atoms with van der Waals surface area (Å²) in [6.45, 7) is -0.585. The maximum absolute atomic E-state index is 12.1. The minimum atomic E-state index is -0.706. The van der Waals surface area contributed by atoms with E-state index < -0.39 is 23.4 Å². The van der Waals surface area contributed by atoms with Crippen LogP contribution in [0.25, 0.3) is 5.69 Å². The number of carbonyl (C=O) groups is 2. The van der Waals surface area contributed by atoms with Crippen LogP contribution in [0.1, 0.15) is 10.4 Å². The van der Waals surface area contributed by atoms with Crippen molar-refractivity contribution < 1.29 is 19.2 Å². The lowest BCUT2D eigenvalue weighted by molar-refractivity contribution is -0.383. The Kier molecular flexibility index (Phi) is 5.71. The number of aromatic nitrogens is 1. The van der Waals surface area contributed by atoms with Crippen LogP contribution >= 0.6 is 11.6 Å². The third-order valence-electron chi connectivity index (χ3n) is 3.77. The van der Waals surface area contributed by atoms with Gasteiger partial charge in [0.25, 0.3) is 11.6 Å². The third kappa shape index (κ3) is 4.54. The molecule has 0 bridgehead atoms. The Hall–Kier alpha value is -3.65. The van der Waals surface area contributed by atoms with E-state index in [1.807, 2.05) is 29.1 Å². The zero-order valence-corrected chi connectivity index (χ0v) is 15.1. The van der Waals surface area contributed by atoms with Gasteiger partial charge in [-0.25, -0.2) is 4.79 Å². The van der Waals surface area contributed by atoms with Gasteiger partial charge in [0, 0.05) is 29.2 Å². The smallest absolute Gasteiger partial charge is 0.338 e. The number of nitrogens with one attached hydrogen (secondary N) is 1. The molecular weight excluding hydrogens is 386 g/mol. The monoisotopic (exact) mass is 399 g/mol. The summed E-state index contributed by atoms with van der Waals surface area (Å²) in [6.07, 6.45) is 3.74. The van der Waals surface area contributed by atoms with Crippen molar-refractivity contribution in [2.45, 2.75) is 0 Å². The molecule has 0 saturated carbocycles. The second kappa shape index (κ2) is 8.36. The molecule has 28 heavy (non-hydrogen) atoms. The number of rotatable bonds is 6. The third-order valence-corrected chi connectivity index (χ3v) is 4.01. The minimum Gasteiger partial charge on any atom is -0.452 e. The van der Waals surface area contributed by atoms with Crippen LogP contribution in [-0.4, -0.2) is 28.0 Å². The van der Waals surface area contributed by atoms with Crippen LogP contribution in [0.15, 0.2) is 67.0 Å². The SMILES string of the molecule is O=C(COC(=O)c1ccc(-n2cccc2)cc1)Nc1ccc(Cl)cc1[N+](=O)[O-]. The molecule has 1 amide bonds. The second-order valence-corrected chi connectivity index (χ2v) is 6.12. The Morgan fingerprint density at radius 3 is 2.43 bits per heavy atom. The molecule has 142 valence electrons. The Bertz CT molecular complexity index is 1020. The summed E-state index contributed by atoms with van der Waals surface area (Å²) in [4.78, 5) is 34.4. The van der Waals surface area contributed by atoms with Gasteiger partial charge in [0.1, 0.15) is 5.69 Å². The maximum Gasteiger partial charge on any atom is 0.338 e. The zero-order chi connectivity index (χ0) is 20.1. The molecule has 0 spiro atoms. The van der Waals surface area contributed by atoms with Gasteiger partial charge >= 0.3 is 5.97 Å². The lowest BCUT2D eigenvalue weighted by atomic mass is 10.2. The van der Waals surface area contributed by atoms with Gasteiger partial charge in [-0.05, 0) is 48.5 Å². The molecule has 0 saturated heterocycles. The van der Waals surface area contributed by atoms with Gasteiger partial charge in [-0.2, -0.15) is 0 Å². The topological polar surface area (TPSA) is 103 Å². The van der Waals surface area contributed by atoms with Crippen molar-refractivity contribution in [3.05, 3.63) is 87.7 Å². The number of ether oxygens (including phenoxy) is 1. The van der Waals surface area contributed by atoms with Crippen molar-refractivity contribution in [3.63, 3.8) is 0 Å². The fraction of sp³-hybridized carbons (Fsp3) is 0.0526. The van der Waals surface area contributed by atoms with Crippen LogP contribution in [0.5, 0.6) is 0 Å². The van der Waals surface area contributed by atoms with Crippen LogP contribution < -0.4 is 5.32 Å². The van der Waals surface area contributed by atoms with Crippen molar-refractivity contribution in [3.8, 4) is 5.69 Å². The molecule has 0 radical (unpaired) electrons. The number of nitro benzene ring substituents is 1. The Morgan fingerprint density at radius 2 is 1.79 bits per heavy atom. The number of hydrogen-bond donors (Lipinski definition) is 1. The first-order chi connectivity index (χ1) is 13.4. The van der Waals surface area contributed by atoms with E-state index in [0.717, 1.165) is 11.8 Å². The number of esters is 1. The first-order valence-corrected chi connectivity index (χ1v) is 8.46. The standard InChI is InChI=1S/C19H14ClN3O5/c20-14-5-8-16(17(11-14)23(26)27)21-18(24)12-28-19(25)13-3-6-15(7-4-13)22-9-1-2-10-22/h1-11H,12H2,(H,21,24). The molecule has 3 aromatic rings. The molecule has 0 fully saturated rings. The molecule has 2 aromatic carbocycles. The zero-order valence-electron chi connectivity index (χ0n) is 14.4. The molecule has 0 atom stereocenters. The van der Waals surface area contributed by atoms with Gasteiger partial charge in [-0.15, -0.1) is 0 Å². The summed E-state index contributed by atoms with van der Waals surface area (Å²) in [5.74, 6) is -1.39. The maximum atomic E-state index is 12.1. The molecule has 0 unspecified atom stereocenters. The average Bonchev–Trinajstić information content (AvgIpc) is 3.22. The number of benzene rings is 2. The normalized spacial score (nSPS) is 10.3. The van der Waals surface area contributed by atoms with E-state index in [-0.39, 0.29) is 22.0 Å². The predicted molar refractivity (Wildman–Crippen MR) is 103 cm³/mol. The first-order valence-electron chi connectivity index (χ1n) is 8.08. The highest BCUT2D eigenvalue weighted by Crippen LogP contribution is 2.27. The lowest BCUT2D eigenvalue weighted by Crippen LogP contribution is -2.21. The molecule has 3 rings (SSSR count). The van der Waals surface area contributed by atoms with Gasteiger partial charge in [-0.3, -0.25) is 14.9 Å². The molecule has 9 heteroatoms. The molecule has 1 heterocycles. The fourth-order valence-corrected chi connectivity index (χ4v) is 2.60. The number of anilines is 1. The Morgan fingerprint density at radius 1 is 1.11 bits per heavy atom. The van der Waals surface area contributed by atoms with Gasteiger partial charge in [0.2, 0.25) is 0 Å². The Balaban J connectivity index is 1.59. The van der Waals surface area contributed by atoms with Gasteiger partial charge < -0.3 is 14.6 Å². The summed E-state index contributed by atoms with van der Waals surface area (Å²) in [5, 5.41) is 13.5. The second-order valence-electron chi connectivity index (χ2n) is 5.68. The summed E-state index contributed by atoms with van der Waals surface area (Å²) >= 11 is 5.72. The lowest BCUT2D eigenvalue weighted by Gasteiger charge is -2.08. The fourth-order valence-electron chi connectivity index (χ4n) is 2.44. The largest absolute Gasteiger partial charge is 0.452 e. The summed E-state index contributed by atoms with van der Waals surface area (Å²) in [7, 11) is 0. The molecule has 1 N–H and O–H groups in total. The number of hydrogen-bond acceptors (Lipinski definition) is 5. The summed E-state index contributed by atoms with van der Waals surface area (Å²) in [5.41, 5.74) is 0.759. The van der Waals surface area contributed by atoms with Gasteiger partial charge in [-0.1, -0.05) is 11.6 Å². The van der Waals surface area contributed by atoms with Crippen molar-refractivity contribution in [1.82, 2.24) is 4.57 Å². The predicted octanol–water partition coefficient (Wildman–Crippen LogP) is 3.83. The molecule has 0 aliphatic rings. The quantitative estimate of drug-likeness (QED) is 0.385. The highest BCUT2D eigenvalue weighted by molar-refractivity contribution is 6.31. The van der Waals surface area contributed by atoms with Crippen molar-refractivity contribution in [2.24, 2.45) is 0 Å². The van der Waals surface area contributed by atoms with E-state index in [4.69, 9.17) is 16.3 Å². The average molecular weight is 400 g/mol. The first kappa shape index (κ1) is 19.1. The molecule has 1 aromatic heterocycles. The number of nitro groups is 1. The highest BCUT2D eigenvalue weighted by atomic mass is 35.5. The van der Waals surface area contributed by atoms with E-state index in [0.29, 0.717) is 0 Å². The van der Waals surface area contributed by atoms with Crippen LogP contribution in [-0.2, 0) is 9.53 Å². The molecular formula is C19H14ClN3O5. The van der Waals surface area contributed by atoms with Crippen molar-refractivity contribution in [2.75, 3.05) is 11.9 Å². The molecule has 8 nitrogen and oxygen atoms in total. The van der Waals surface area contributed by atoms with Gasteiger partial charge in [0.15, 0.2) is 6.61 Å². The van der Waals surface area contributed by atoms with E-state index in [9.17, 15) is 19.7 Å². The number of amides is 1. The summed E-state index contributed by atoms with van der Waals surface area (Å²) in [6, 6.07) is 14.2. The van der Waals surface area contributed by atoms with Crippen molar-refractivity contribution >= 4 is 34.9 Å². The van der Waals surface area contributed by atoms with E-state index >= 15 is 0 Å². The van der Waals surface area contributed by atoms with E-state index in [1.165, 1.54) is 12.1 Å². The number of carbonyl (C=O) groups excluding carboxylic acids is 2. The van der Waals surface area contributed by atoms with E-state index in [1.54, 1.807) is 24.3 Å². The van der Waals surface area contributed by atoms with Crippen LogP contribution in [0, 0.1) is 10.1 Å². The van der Waals surface area contributed by atoms with Crippen LogP contribution in [0.3, 0.4) is 0 Å². The molecule has 0 aliphatic heterocycles. The van der Waals surface area contributed by atoms with Crippen LogP contribution in [0.4, 0.5) is 11.4 Å².